The summed E-state index contributed by atoms with van der Waals surface area (Å²) >= 11 is 0. The van der Waals surface area contributed by atoms with Gasteiger partial charge in [0.2, 0.25) is 0 Å². The van der Waals surface area contributed by atoms with Crippen LogP contribution in [0.5, 0.6) is 0 Å². The van der Waals surface area contributed by atoms with E-state index in [0.29, 0.717) is 28.4 Å². The molecule has 26 heavy (non-hydrogen) atoms. The van der Waals surface area contributed by atoms with Crippen molar-refractivity contribution in [3.8, 4) is 0 Å². The normalized spacial score (nSPS) is 11.9. The molecule has 0 amide bonds. The first-order chi connectivity index (χ1) is 12.2. The maximum Gasteiger partial charge on any atom is 0.416 e. The SMILES string of the molecule is Cc1c(CC(=O)O)c2cccnc2n1Cc1ccc(F)cc1C(F)(F)F. The molecule has 1 N–H and O–H groups in total. The van der Waals surface area contributed by atoms with Gasteiger partial charge in [-0.25, -0.2) is 9.37 Å². The molecule has 2 aromatic heterocycles. The second kappa shape index (κ2) is 6.44. The topological polar surface area (TPSA) is 55.1 Å². The van der Waals surface area contributed by atoms with Crippen LogP contribution in [0.4, 0.5) is 17.6 Å². The van der Waals surface area contributed by atoms with Gasteiger partial charge >= 0.3 is 12.1 Å². The highest BCUT2D eigenvalue weighted by atomic mass is 19.4. The maximum absolute atomic E-state index is 13.3. The third-order valence-corrected chi connectivity index (χ3v) is 4.24. The van der Waals surface area contributed by atoms with Crippen molar-refractivity contribution in [2.24, 2.45) is 0 Å². The molecular formula is C18H14F4N2O2. The van der Waals surface area contributed by atoms with E-state index in [0.717, 1.165) is 12.1 Å². The number of carboxylic acids is 1. The van der Waals surface area contributed by atoms with Crippen LogP contribution in [0.2, 0.25) is 0 Å². The fourth-order valence-corrected chi connectivity index (χ4v) is 3.05. The molecule has 1 aromatic carbocycles. The quantitative estimate of drug-likeness (QED) is 0.705. The van der Waals surface area contributed by atoms with E-state index >= 15 is 0 Å². The average molecular weight is 366 g/mol. The van der Waals surface area contributed by atoms with Crippen molar-refractivity contribution in [1.82, 2.24) is 9.55 Å². The van der Waals surface area contributed by atoms with Crippen LogP contribution in [0.15, 0.2) is 36.5 Å². The molecule has 136 valence electrons. The molecule has 0 saturated carbocycles. The molecule has 0 atom stereocenters. The zero-order valence-corrected chi connectivity index (χ0v) is 13.6. The van der Waals surface area contributed by atoms with E-state index in [1.807, 2.05) is 0 Å². The van der Waals surface area contributed by atoms with Crippen molar-refractivity contribution in [2.75, 3.05) is 0 Å². The fourth-order valence-electron chi connectivity index (χ4n) is 3.05. The van der Waals surface area contributed by atoms with Gasteiger partial charge in [-0.3, -0.25) is 4.79 Å². The Bertz CT molecular complexity index is 993. The molecule has 0 saturated heterocycles. The monoisotopic (exact) mass is 366 g/mol. The lowest BCUT2D eigenvalue weighted by Gasteiger charge is -2.15. The Morgan fingerprint density at radius 1 is 1.27 bits per heavy atom. The third kappa shape index (κ3) is 3.26. The lowest BCUT2D eigenvalue weighted by atomic mass is 10.1. The Morgan fingerprint density at radius 3 is 2.65 bits per heavy atom. The van der Waals surface area contributed by atoms with E-state index in [-0.39, 0.29) is 18.5 Å². The van der Waals surface area contributed by atoms with Gasteiger partial charge in [-0.1, -0.05) is 6.07 Å². The van der Waals surface area contributed by atoms with Crippen molar-refractivity contribution < 1.29 is 27.5 Å². The number of carbonyl (C=O) groups is 1. The standard InChI is InChI=1S/C18H14F4N2O2/c1-10-14(8-16(25)26)13-3-2-6-23-17(13)24(10)9-11-4-5-12(19)7-15(11)18(20,21)22/h2-7H,8-9H2,1H3,(H,25,26). The minimum atomic E-state index is -4.70. The summed E-state index contributed by atoms with van der Waals surface area (Å²) in [7, 11) is 0. The van der Waals surface area contributed by atoms with Gasteiger partial charge in [0, 0.05) is 23.8 Å². The number of nitrogens with zero attached hydrogens (tertiary/aromatic N) is 2. The number of fused-ring (bicyclic) bond motifs is 1. The summed E-state index contributed by atoms with van der Waals surface area (Å²) in [5, 5.41) is 9.68. The van der Waals surface area contributed by atoms with Crippen molar-refractivity contribution in [1.29, 1.82) is 0 Å². The van der Waals surface area contributed by atoms with E-state index in [2.05, 4.69) is 4.98 Å². The van der Waals surface area contributed by atoms with Crippen LogP contribution in [0.1, 0.15) is 22.4 Å². The summed E-state index contributed by atoms with van der Waals surface area (Å²) in [6.07, 6.45) is -3.49. The molecule has 0 bridgehead atoms. The van der Waals surface area contributed by atoms with Crippen molar-refractivity contribution in [2.45, 2.75) is 26.1 Å². The van der Waals surface area contributed by atoms with Crippen LogP contribution < -0.4 is 0 Å². The number of alkyl halides is 3. The van der Waals surface area contributed by atoms with Gasteiger partial charge in [0.05, 0.1) is 12.0 Å². The Hall–Kier alpha value is -2.90. The first-order valence-electron chi connectivity index (χ1n) is 7.68. The van der Waals surface area contributed by atoms with Crippen molar-refractivity contribution >= 4 is 17.0 Å². The molecule has 8 heteroatoms. The van der Waals surface area contributed by atoms with Gasteiger partial charge in [0.15, 0.2) is 0 Å². The summed E-state index contributed by atoms with van der Waals surface area (Å²) in [4.78, 5) is 15.3. The summed E-state index contributed by atoms with van der Waals surface area (Å²) in [6, 6.07) is 5.83. The minimum Gasteiger partial charge on any atom is -0.481 e. The second-order valence-electron chi connectivity index (χ2n) is 5.89. The van der Waals surface area contributed by atoms with E-state index in [4.69, 9.17) is 5.11 Å². The molecule has 3 rings (SSSR count). The molecule has 0 spiro atoms. The molecule has 0 fully saturated rings. The van der Waals surface area contributed by atoms with Gasteiger partial charge in [0.1, 0.15) is 11.5 Å². The van der Waals surface area contributed by atoms with Crippen molar-refractivity contribution in [3.05, 3.63) is 64.7 Å². The van der Waals surface area contributed by atoms with E-state index in [1.54, 1.807) is 19.1 Å². The Kier molecular flexibility index (Phi) is 4.43. The number of aromatic nitrogens is 2. The molecule has 2 heterocycles. The first-order valence-corrected chi connectivity index (χ1v) is 7.68. The number of hydrogen-bond acceptors (Lipinski definition) is 2. The third-order valence-electron chi connectivity index (χ3n) is 4.24. The lowest BCUT2D eigenvalue weighted by molar-refractivity contribution is -0.138. The summed E-state index contributed by atoms with van der Waals surface area (Å²) in [5.41, 5.74) is 0.217. The number of carboxylic acid groups (broad SMARTS) is 1. The van der Waals surface area contributed by atoms with Gasteiger partial charge < -0.3 is 9.67 Å². The molecule has 0 aliphatic rings. The van der Waals surface area contributed by atoms with Crippen LogP contribution in [0.3, 0.4) is 0 Å². The van der Waals surface area contributed by atoms with Gasteiger partial charge in [-0.15, -0.1) is 0 Å². The molecule has 0 aliphatic heterocycles. The van der Waals surface area contributed by atoms with Gasteiger partial charge in [-0.05, 0) is 42.3 Å². The average Bonchev–Trinajstić information content (AvgIpc) is 2.81. The Balaban J connectivity index is 2.17. The summed E-state index contributed by atoms with van der Waals surface area (Å²) in [5.74, 6) is -2.02. The Labute approximate surface area is 145 Å². The molecule has 0 aliphatic carbocycles. The predicted molar refractivity (Wildman–Crippen MR) is 86.3 cm³/mol. The summed E-state index contributed by atoms with van der Waals surface area (Å²) < 4.78 is 54.6. The molecule has 4 nitrogen and oxygen atoms in total. The summed E-state index contributed by atoms with van der Waals surface area (Å²) in [6.45, 7) is 1.44. The number of aliphatic carboxylic acids is 1. The fraction of sp³-hybridized carbons (Fsp3) is 0.222. The number of hydrogen-bond donors (Lipinski definition) is 1. The molecular weight excluding hydrogens is 352 g/mol. The smallest absolute Gasteiger partial charge is 0.416 e. The molecule has 0 unspecified atom stereocenters. The first kappa shape index (κ1) is 17.9. The predicted octanol–water partition coefficient (Wildman–Crippen LogP) is 4.18. The van der Waals surface area contributed by atoms with Crippen molar-refractivity contribution in [3.63, 3.8) is 0 Å². The van der Waals surface area contributed by atoms with E-state index in [1.165, 1.54) is 10.8 Å². The number of benzene rings is 1. The number of pyridine rings is 1. The van der Waals surface area contributed by atoms with E-state index in [9.17, 15) is 22.4 Å². The Morgan fingerprint density at radius 2 is 2.00 bits per heavy atom. The van der Waals surface area contributed by atoms with Crippen LogP contribution in [-0.4, -0.2) is 20.6 Å². The van der Waals surface area contributed by atoms with Gasteiger partial charge in [-0.2, -0.15) is 13.2 Å². The van der Waals surface area contributed by atoms with Gasteiger partial charge in [0.25, 0.3) is 0 Å². The lowest BCUT2D eigenvalue weighted by Crippen LogP contribution is -2.13. The van der Waals surface area contributed by atoms with Crippen LogP contribution in [0.25, 0.3) is 11.0 Å². The highest BCUT2D eigenvalue weighted by Gasteiger charge is 2.34. The van der Waals surface area contributed by atoms with Crippen LogP contribution in [0, 0.1) is 12.7 Å². The number of halogens is 4. The van der Waals surface area contributed by atoms with Crippen LogP contribution in [-0.2, 0) is 23.9 Å². The van der Waals surface area contributed by atoms with E-state index < -0.39 is 23.5 Å². The highest BCUT2D eigenvalue weighted by molar-refractivity contribution is 5.86. The molecule has 3 aromatic rings. The largest absolute Gasteiger partial charge is 0.481 e. The second-order valence-corrected chi connectivity index (χ2v) is 5.89. The molecule has 0 radical (unpaired) electrons. The number of rotatable bonds is 4. The highest BCUT2D eigenvalue weighted by Crippen LogP contribution is 2.34. The zero-order chi connectivity index (χ0) is 19.1. The zero-order valence-electron chi connectivity index (χ0n) is 13.6. The maximum atomic E-state index is 13.3. The minimum absolute atomic E-state index is 0.119. The van der Waals surface area contributed by atoms with Crippen LogP contribution >= 0.6 is 0 Å².